The van der Waals surface area contributed by atoms with Gasteiger partial charge in [0, 0.05) is 6.07 Å². The number of nitrogens with zero attached hydrogens (tertiary/aromatic N) is 2. The minimum atomic E-state index is -4.60. The molecule has 0 radical (unpaired) electrons. The standard InChI is InChI=1S/C8H6ClF3N2O2S/c1-16-6(15)3-17-5-2-4(8(10,11)12)13-7(9)14-5/h2H,3H2,1H3. The Labute approximate surface area is 104 Å². The average molecular weight is 287 g/mol. The molecule has 0 fully saturated rings. The van der Waals surface area contributed by atoms with E-state index in [4.69, 9.17) is 11.6 Å². The van der Waals surface area contributed by atoms with Crippen LogP contribution in [0, 0.1) is 0 Å². The first-order chi connectivity index (χ1) is 7.82. The zero-order valence-electron chi connectivity index (χ0n) is 8.42. The summed E-state index contributed by atoms with van der Waals surface area (Å²) in [6.07, 6.45) is -4.60. The van der Waals surface area contributed by atoms with Crippen LogP contribution in [-0.4, -0.2) is 28.8 Å². The van der Waals surface area contributed by atoms with Crippen LogP contribution in [0.5, 0.6) is 0 Å². The molecule has 0 aliphatic rings. The lowest BCUT2D eigenvalue weighted by Gasteiger charge is -2.07. The predicted octanol–water partition coefficient (Wildman–Crippen LogP) is 2.41. The molecular weight excluding hydrogens is 281 g/mol. The number of hydrogen-bond donors (Lipinski definition) is 0. The Bertz CT molecular complexity index is 428. The highest BCUT2D eigenvalue weighted by atomic mass is 35.5. The Hall–Kier alpha value is -1.02. The summed E-state index contributed by atoms with van der Waals surface area (Å²) in [5.41, 5.74) is -1.15. The fourth-order valence-corrected chi connectivity index (χ4v) is 1.77. The number of hydrogen-bond acceptors (Lipinski definition) is 5. The average Bonchev–Trinajstić information content (AvgIpc) is 2.24. The SMILES string of the molecule is COC(=O)CSc1cc(C(F)(F)F)nc(Cl)n1. The summed E-state index contributed by atoms with van der Waals surface area (Å²) in [6, 6.07) is 0.722. The van der Waals surface area contributed by atoms with E-state index < -0.39 is 23.1 Å². The van der Waals surface area contributed by atoms with Gasteiger partial charge >= 0.3 is 12.1 Å². The maximum atomic E-state index is 12.4. The minimum absolute atomic E-state index is 0.0391. The van der Waals surface area contributed by atoms with E-state index in [2.05, 4.69) is 14.7 Å². The molecule has 9 heteroatoms. The lowest BCUT2D eigenvalue weighted by molar-refractivity contribution is -0.141. The molecule has 0 atom stereocenters. The first-order valence-electron chi connectivity index (χ1n) is 4.14. The second kappa shape index (κ2) is 5.54. The van der Waals surface area contributed by atoms with Crippen molar-refractivity contribution in [3.63, 3.8) is 0 Å². The summed E-state index contributed by atoms with van der Waals surface area (Å²) in [5.74, 6) is -0.723. The Balaban J connectivity index is 2.87. The maximum Gasteiger partial charge on any atom is 0.433 e. The number of aromatic nitrogens is 2. The first kappa shape index (κ1) is 14.0. The van der Waals surface area contributed by atoms with Gasteiger partial charge in [0.1, 0.15) is 5.03 Å². The molecule has 0 spiro atoms. The third kappa shape index (κ3) is 4.39. The summed E-state index contributed by atoms with van der Waals surface area (Å²) >= 11 is 6.14. The summed E-state index contributed by atoms with van der Waals surface area (Å²) in [7, 11) is 1.18. The van der Waals surface area contributed by atoms with E-state index >= 15 is 0 Å². The quantitative estimate of drug-likeness (QED) is 0.370. The molecule has 1 aromatic heterocycles. The van der Waals surface area contributed by atoms with Crippen molar-refractivity contribution in [1.29, 1.82) is 0 Å². The molecule has 4 nitrogen and oxygen atoms in total. The van der Waals surface area contributed by atoms with Crippen LogP contribution < -0.4 is 0 Å². The molecule has 0 saturated carbocycles. The first-order valence-corrected chi connectivity index (χ1v) is 5.50. The molecule has 1 rings (SSSR count). The van der Waals surface area contributed by atoms with Gasteiger partial charge in [-0.3, -0.25) is 4.79 Å². The van der Waals surface area contributed by atoms with Gasteiger partial charge in [-0.1, -0.05) is 11.8 Å². The van der Waals surface area contributed by atoms with Crippen LogP contribution in [0.3, 0.4) is 0 Å². The number of methoxy groups -OCH3 is 1. The number of alkyl halides is 3. The zero-order chi connectivity index (χ0) is 13.1. The van der Waals surface area contributed by atoms with Crippen LogP contribution in [-0.2, 0) is 15.7 Å². The monoisotopic (exact) mass is 286 g/mol. The van der Waals surface area contributed by atoms with Gasteiger partial charge in [-0.25, -0.2) is 9.97 Å². The number of carbonyl (C=O) groups excluding carboxylic acids is 1. The lowest BCUT2D eigenvalue weighted by atomic mass is 10.4. The third-order valence-electron chi connectivity index (χ3n) is 1.53. The topological polar surface area (TPSA) is 52.1 Å². The van der Waals surface area contributed by atoms with Crippen molar-refractivity contribution < 1.29 is 22.7 Å². The Morgan fingerprint density at radius 1 is 1.53 bits per heavy atom. The lowest BCUT2D eigenvalue weighted by Crippen LogP contribution is -2.10. The van der Waals surface area contributed by atoms with Crippen molar-refractivity contribution in [1.82, 2.24) is 9.97 Å². The van der Waals surface area contributed by atoms with Gasteiger partial charge < -0.3 is 4.74 Å². The van der Waals surface area contributed by atoms with Crippen LogP contribution in [0.1, 0.15) is 5.69 Å². The van der Waals surface area contributed by atoms with E-state index in [9.17, 15) is 18.0 Å². The van der Waals surface area contributed by atoms with Crippen molar-refractivity contribution >= 4 is 29.3 Å². The Kier molecular flexibility index (Phi) is 4.58. The van der Waals surface area contributed by atoms with Gasteiger partial charge in [-0.2, -0.15) is 13.2 Å². The van der Waals surface area contributed by atoms with Crippen LogP contribution in [0.4, 0.5) is 13.2 Å². The molecule has 0 saturated heterocycles. The summed E-state index contributed by atoms with van der Waals surface area (Å²) in [6.45, 7) is 0. The van der Waals surface area contributed by atoms with Crippen LogP contribution in [0.15, 0.2) is 11.1 Å². The molecule has 1 aromatic rings. The molecule has 0 aliphatic carbocycles. The summed E-state index contributed by atoms with van der Waals surface area (Å²) in [4.78, 5) is 17.4. The largest absolute Gasteiger partial charge is 0.468 e. The van der Waals surface area contributed by atoms with Gasteiger partial charge in [-0.15, -0.1) is 0 Å². The van der Waals surface area contributed by atoms with Gasteiger partial charge in [0.2, 0.25) is 5.28 Å². The number of carbonyl (C=O) groups is 1. The van der Waals surface area contributed by atoms with E-state index in [-0.39, 0.29) is 10.8 Å². The van der Waals surface area contributed by atoms with E-state index in [1.165, 1.54) is 7.11 Å². The highest BCUT2D eigenvalue weighted by Gasteiger charge is 2.33. The van der Waals surface area contributed by atoms with E-state index in [1.807, 2.05) is 0 Å². The normalized spacial score (nSPS) is 11.4. The zero-order valence-corrected chi connectivity index (χ0v) is 9.99. The van der Waals surface area contributed by atoms with Crippen molar-refractivity contribution in [2.75, 3.05) is 12.9 Å². The highest BCUT2D eigenvalue weighted by Crippen LogP contribution is 2.30. The molecule has 0 aliphatic heterocycles. The maximum absolute atomic E-state index is 12.4. The van der Waals surface area contributed by atoms with Gasteiger partial charge in [-0.05, 0) is 11.6 Å². The van der Waals surface area contributed by atoms with Gasteiger partial charge in [0.05, 0.1) is 12.9 Å². The molecule has 1 heterocycles. The number of halogens is 4. The second-order valence-electron chi connectivity index (χ2n) is 2.72. The predicted molar refractivity (Wildman–Crippen MR) is 54.8 cm³/mol. The molecule has 17 heavy (non-hydrogen) atoms. The van der Waals surface area contributed by atoms with Gasteiger partial charge in [0.25, 0.3) is 0 Å². The van der Waals surface area contributed by atoms with Crippen molar-refractivity contribution in [2.45, 2.75) is 11.2 Å². The Morgan fingerprint density at radius 3 is 2.71 bits per heavy atom. The van der Waals surface area contributed by atoms with E-state index in [0.717, 1.165) is 17.8 Å². The number of esters is 1. The number of thioether (sulfide) groups is 1. The molecule has 0 bridgehead atoms. The second-order valence-corrected chi connectivity index (χ2v) is 4.06. The third-order valence-corrected chi connectivity index (χ3v) is 2.59. The Morgan fingerprint density at radius 2 is 2.18 bits per heavy atom. The van der Waals surface area contributed by atoms with E-state index in [1.54, 1.807) is 0 Å². The van der Waals surface area contributed by atoms with Crippen molar-refractivity contribution in [3.05, 3.63) is 17.0 Å². The number of rotatable bonds is 3. The molecule has 0 aromatic carbocycles. The van der Waals surface area contributed by atoms with Crippen molar-refractivity contribution in [2.24, 2.45) is 0 Å². The fraction of sp³-hybridized carbons (Fsp3) is 0.375. The minimum Gasteiger partial charge on any atom is -0.468 e. The van der Waals surface area contributed by atoms with Crippen LogP contribution in [0.25, 0.3) is 0 Å². The fourth-order valence-electron chi connectivity index (χ4n) is 0.808. The molecule has 94 valence electrons. The molecule has 0 amide bonds. The highest BCUT2D eigenvalue weighted by molar-refractivity contribution is 7.99. The van der Waals surface area contributed by atoms with Crippen molar-refractivity contribution in [3.8, 4) is 0 Å². The van der Waals surface area contributed by atoms with Gasteiger partial charge in [0.15, 0.2) is 5.69 Å². The summed E-state index contributed by atoms with van der Waals surface area (Å²) < 4.78 is 41.4. The summed E-state index contributed by atoms with van der Waals surface area (Å²) in [5, 5.41) is -0.560. The van der Waals surface area contributed by atoms with E-state index in [0.29, 0.717) is 0 Å². The van der Waals surface area contributed by atoms with Crippen LogP contribution in [0.2, 0.25) is 5.28 Å². The smallest absolute Gasteiger partial charge is 0.433 e. The molecule has 0 N–H and O–H groups in total. The molecule has 0 unspecified atom stereocenters. The molecular formula is C8H6ClF3N2O2S. The number of ether oxygens (including phenoxy) is 1. The van der Waals surface area contributed by atoms with Crippen LogP contribution >= 0.6 is 23.4 Å².